The molecule has 32 heavy (non-hydrogen) atoms. The summed E-state index contributed by atoms with van der Waals surface area (Å²) in [4.78, 5) is 63.9. The minimum absolute atomic E-state index is 0.118. The fourth-order valence-electron chi connectivity index (χ4n) is 4.84. The highest BCUT2D eigenvalue weighted by atomic mass is 16.5. The van der Waals surface area contributed by atoms with Gasteiger partial charge in [0.2, 0.25) is 5.91 Å². The van der Waals surface area contributed by atoms with E-state index >= 15 is 0 Å². The number of imide groups is 1. The Labute approximate surface area is 189 Å². The molecular formula is C22H36N4O6. The van der Waals surface area contributed by atoms with Crippen molar-refractivity contribution in [1.82, 2.24) is 20.4 Å². The quantitative estimate of drug-likeness (QED) is 0.458. The van der Waals surface area contributed by atoms with Crippen LogP contribution in [0.2, 0.25) is 0 Å². The molecule has 0 aromatic rings. The second kappa shape index (κ2) is 9.07. The fourth-order valence-corrected chi connectivity index (χ4v) is 4.84. The van der Waals surface area contributed by atoms with E-state index in [1.165, 1.54) is 7.05 Å². The predicted molar refractivity (Wildman–Crippen MR) is 116 cm³/mol. The van der Waals surface area contributed by atoms with E-state index in [0.717, 1.165) is 16.2 Å². The summed E-state index contributed by atoms with van der Waals surface area (Å²) in [6.07, 6.45) is 1.97. The summed E-state index contributed by atoms with van der Waals surface area (Å²) in [5, 5.41) is 5.53. The van der Waals surface area contributed by atoms with E-state index < -0.39 is 48.0 Å². The van der Waals surface area contributed by atoms with Crippen LogP contribution in [0.5, 0.6) is 0 Å². The maximum absolute atomic E-state index is 13.1. The first-order valence-corrected chi connectivity index (χ1v) is 10.9. The van der Waals surface area contributed by atoms with E-state index in [1.807, 2.05) is 27.7 Å². The normalized spacial score (nSPS) is 24.8. The van der Waals surface area contributed by atoms with Gasteiger partial charge in [-0.05, 0) is 51.4 Å². The molecule has 2 aliphatic rings. The minimum Gasteiger partial charge on any atom is -0.454 e. The summed E-state index contributed by atoms with van der Waals surface area (Å²) in [6.45, 7) is 10.3. The van der Waals surface area contributed by atoms with E-state index in [-0.39, 0.29) is 23.8 Å². The van der Waals surface area contributed by atoms with E-state index in [4.69, 9.17) is 4.74 Å². The van der Waals surface area contributed by atoms with Gasteiger partial charge in [0.25, 0.3) is 11.8 Å². The highest BCUT2D eigenvalue weighted by Gasteiger charge is 2.56. The number of hydrogen-bond donors (Lipinski definition) is 2. The van der Waals surface area contributed by atoms with Crippen molar-refractivity contribution in [1.29, 1.82) is 0 Å². The summed E-state index contributed by atoms with van der Waals surface area (Å²) in [5.74, 6) is -1.96. The molecule has 5 amide bonds. The first-order chi connectivity index (χ1) is 14.5. The maximum Gasteiger partial charge on any atom is 0.326 e. The zero-order chi connectivity index (χ0) is 24.5. The zero-order valence-corrected chi connectivity index (χ0v) is 20.2. The summed E-state index contributed by atoms with van der Waals surface area (Å²) in [5.41, 5.74) is -1.55. The number of likely N-dealkylation sites (N-methyl/N-ethyl adjacent to an activating group) is 1. The summed E-state index contributed by atoms with van der Waals surface area (Å²) < 4.78 is 4.97. The van der Waals surface area contributed by atoms with E-state index in [0.29, 0.717) is 12.8 Å². The van der Waals surface area contributed by atoms with Gasteiger partial charge >= 0.3 is 12.0 Å². The predicted octanol–water partition coefficient (Wildman–Crippen LogP) is 1.04. The molecule has 10 heteroatoms. The molecule has 0 bridgehead atoms. The van der Waals surface area contributed by atoms with E-state index in [2.05, 4.69) is 24.5 Å². The summed E-state index contributed by atoms with van der Waals surface area (Å²) in [6, 6.07) is -0.626. The molecule has 1 saturated carbocycles. The van der Waals surface area contributed by atoms with Gasteiger partial charge in [-0.15, -0.1) is 0 Å². The molecule has 10 nitrogen and oxygen atoms in total. The Balaban J connectivity index is 1.89. The fraction of sp³-hybridized carbons (Fsp3) is 0.773. The van der Waals surface area contributed by atoms with Crippen molar-refractivity contribution in [2.24, 2.45) is 11.3 Å². The Morgan fingerprint density at radius 1 is 1.22 bits per heavy atom. The minimum atomic E-state index is -1.00. The third-order valence-electron chi connectivity index (χ3n) is 5.59. The molecule has 2 unspecified atom stereocenters. The van der Waals surface area contributed by atoms with Crippen molar-refractivity contribution in [3.8, 4) is 0 Å². The molecule has 0 aromatic heterocycles. The van der Waals surface area contributed by atoms with Crippen molar-refractivity contribution < 1.29 is 28.7 Å². The number of carbonyl (C=O) groups excluding carboxylic acids is 5. The molecule has 2 atom stereocenters. The molecule has 1 aliphatic heterocycles. The molecule has 0 radical (unpaired) electrons. The van der Waals surface area contributed by atoms with Gasteiger partial charge in [0.05, 0.1) is 6.54 Å². The topological polar surface area (TPSA) is 125 Å². The molecule has 2 N–H and O–H groups in total. The standard InChI is InChI=1S/C22H36N4O6/c1-14-8-21(5,6)13-22(9-14)18(30)26(19(31)24-22)11-17(29)32-12-16(28)25(7)10-15(27)23-20(2,3)4/h14H,8-13H2,1-7H3,(H,23,27)(H,24,31). The van der Waals surface area contributed by atoms with Gasteiger partial charge in [0.1, 0.15) is 12.1 Å². The Morgan fingerprint density at radius 2 is 1.84 bits per heavy atom. The van der Waals surface area contributed by atoms with Gasteiger partial charge in [-0.2, -0.15) is 0 Å². The smallest absolute Gasteiger partial charge is 0.326 e. The Hall–Kier alpha value is -2.65. The zero-order valence-electron chi connectivity index (χ0n) is 20.2. The average molecular weight is 453 g/mol. The van der Waals surface area contributed by atoms with Crippen LogP contribution in [-0.4, -0.2) is 77.3 Å². The molecule has 1 spiro atoms. The number of esters is 1. The van der Waals surface area contributed by atoms with Crippen molar-refractivity contribution in [3.05, 3.63) is 0 Å². The number of nitrogens with zero attached hydrogens (tertiary/aromatic N) is 2. The van der Waals surface area contributed by atoms with Gasteiger partial charge in [-0.1, -0.05) is 20.8 Å². The molecule has 1 saturated heterocycles. The molecule has 0 aromatic carbocycles. The number of carbonyl (C=O) groups is 5. The molecular weight excluding hydrogens is 416 g/mol. The van der Waals surface area contributed by atoms with Crippen molar-refractivity contribution >= 4 is 29.7 Å². The van der Waals surface area contributed by atoms with Crippen molar-refractivity contribution in [2.75, 3.05) is 26.7 Å². The van der Waals surface area contributed by atoms with Crippen LogP contribution in [0.15, 0.2) is 0 Å². The number of rotatable bonds is 6. The largest absolute Gasteiger partial charge is 0.454 e. The number of ether oxygens (including phenoxy) is 1. The lowest BCUT2D eigenvalue weighted by molar-refractivity contribution is -0.154. The van der Waals surface area contributed by atoms with Crippen molar-refractivity contribution in [2.45, 2.75) is 71.9 Å². The van der Waals surface area contributed by atoms with Gasteiger partial charge in [-0.25, -0.2) is 4.79 Å². The van der Waals surface area contributed by atoms with Crippen LogP contribution in [0.1, 0.15) is 60.8 Å². The average Bonchev–Trinajstić information content (AvgIpc) is 2.79. The van der Waals surface area contributed by atoms with Crippen LogP contribution >= 0.6 is 0 Å². The van der Waals surface area contributed by atoms with Crippen LogP contribution in [0.25, 0.3) is 0 Å². The van der Waals surface area contributed by atoms with E-state index in [9.17, 15) is 24.0 Å². The number of amides is 5. The van der Waals surface area contributed by atoms with Gasteiger partial charge in [-0.3, -0.25) is 24.1 Å². The highest BCUT2D eigenvalue weighted by molar-refractivity contribution is 6.08. The number of urea groups is 1. The maximum atomic E-state index is 13.1. The Kier molecular flexibility index (Phi) is 7.26. The lowest BCUT2D eigenvalue weighted by Gasteiger charge is -2.43. The van der Waals surface area contributed by atoms with Gasteiger partial charge < -0.3 is 20.3 Å². The van der Waals surface area contributed by atoms with Crippen LogP contribution in [0.3, 0.4) is 0 Å². The Bertz CT molecular complexity index is 803. The number of hydrogen-bond acceptors (Lipinski definition) is 6. The van der Waals surface area contributed by atoms with E-state index in [1.54, 1.807) is 0 Å². The molecule has 1 heterocycles. The third kappa shape index (κ3) is 6.43. The number of nitrogens with one attached hydrogen (secondary N) is 2. The monoisotopic (exact) mass is 452 g/mol. The molecule has 2 fully saturated rings. The molecule has 180 valence electrons. The Morgan fingerprint density at radius 3 is 2.41 bits per heavy atom. The first kappa shape index (κ1) is 25.6. The first-order valence-electron chi connectivity index (χ1n) is 10.9. The van der Waals surface area contributed by atoms with Crippen LogP contribution in [-0.2, 0) is 23.9 Å². The second-order valence-electron chi connectivity index (χ2n) is 11.0. The molecule has 2 rings (SSSR count). The summed E-state index contributed by atoms with van der Waals surface area (Å²) >= 11 is 0. The molecule has 1 aliphatic carbocycles. The lowest BCUT2D eigenvalue weighted by atomic mass is 9.64. The third-order valence-corrected chi connectivity index (χ3v) is 5.59. The van der Waals surface area contributed by atoms with Gasteiger partial charge in [0.15, 0.2) is 6.61 Å². The second-order valence-corrected chi connectivity index (χ2v) is 11.0. The van der Waals surface area contributed by atoms with Crippen LogP contribution in [0, 0.1) is 11.3 Å². The lowest BCUT2D eigenvalue weighted by Crippen LogP contribution is -2.54. The van der Waals surface area contributed by atoms with Crippen molar-refractivity contribution in [3.63, 3.8) is 0 Å². The SMILES string of the molecule is CC1CC(C)(C)CC2(C1)NC(=O)N(CC(=O)OCC(=O)N(C)CC(=O)NC(C)(C)C)C2=O. The van der Waals surface area contributed by atoms with Crippen LogP contribution < -0.4 is 10.6 Å². The summed E-state index contributed by atoms with van der Waals surface area (Å²) in [7, 11) is 1.42. The van der Waals surface area contributed by atoms with Crippen LogP contribution in [0.4, 0.5) is 4.79 Å². The van der Waals surface area contributed by atoms with Gasteiger partial charge in [0, 0.05) is 12.6 Å². The highest BCUT2D eigenvalue weighted by Crippen LogP contribution is 2.46.